The van der Waals surface area contributed by atoms with E-state index in [4.69, 9.17) is 18.9 Å². The van der Waals surface area contributed by atoms with Gasteiger partial charge in [-0.25, -0.2) is 14.4 Å². The molecule has 162 valence electrons. The summed E-state index contributed by atoms with van der Waals surface area (Å²) in [7, 11) is 0. The predicted octanol–water partition coefficient (Wildman–Crippen LogP) is 1.92. The third-order valence-electron chi connectivity index (χ3n) is 4.76. The minimum absolute atomic E-state index is 0.110. The number of hydrogen-bond donors (Lipinski definition) is 2. The van der Waals surface area contributed by atoms with E-state index < -0.39 is 24.0 Å². The number of esters is 2. The molecule has 1 aromatic carbocycles. The number of carbonyl (C=O) groups is 3. The molecule has 9 heteroatoms. The number of benzene rings is 1. The second-order valence-electron chi connectivity index (χ2n) is 6.98. The van der Waals surface area contributed by atoms with Crippen LogP contribution in [0, 0.1) is 0 Å². The fraction of sp³-hybridized carbons (Fsp3) is 0.476. The van der Waals surface area contributed by atoms with Crippen molar-refractivity contribution in [1.82, 2.24) is 10.6 Å². The first kappa shape index (κ1) is 21.6. The topological polar surface area (TPSA) is 112 Å². The quantitative estimate of drug-likeness (QED) is 0.620. The number of hydrogen-bond acceptors (Lipinski definition) is 7. The Bertz CT molecular complexity index is 813. The molecule has 1 fully saturated rings. The lowest BCUT2D eigenvalue weighted by Gasteiger charge is -2.26. The highest BCUT2D eigenvalue weighted by Crippen LogP contribution is 2.18. The fourth-order valence-corrected chi connectivity index (χ4v) is 3.27. The van der Waals surface area contributed by atoms with Gasteiger partial charge in [0.1, 0.15) is 19.0 Å². The van der Waals surface area contributed by atoms with Crippen LogP contribution in [0.2, 0.25) is 0 Å². The summed E-state index contributed by atoms with van der Waals surface area (Å²) in [6.07, 6.45) is 2.14. The van der Waals surface area contributed by atoms with Crippen LogP contribution >= 0.6 is 0 Å². The van der Waals surface area contributed by atoms with Crippen molar-refractivity contribution in [3.8, 4) is 5.75 Å². The second kappa shape index (κ2) is 10.1. The zero-order valence-corrected chi connectivity index (χ0v) is 17.1. The van der Waals surface area contributed by atoms with Crippen LogP contribution in [-0.2, 0) is 19.0 Å². The van der Waals surface area contributed by atoms with Gasteiger partial charge in [0.2, 0.25) is 0 Å². The maximum absolute atomic E-state index is 12.4. The van der Waals surface area contributed by atoms with Gasteiger partial charge in [0.05, 0.1) is 35.6 Å². The van der Waals surface area contributed by atoms with E-state index in [0.717, 1.165) is 19.4 Å². The van der Waals surface area contributed by atoms with Crippen LogP contribution in [0.4, 0.5) is 4.79 Å². The van der Waals surface area contributed by atoms with Crippen LogP contribution in [0.1, 0.15) is 37.0 Å². The number of urea groups is 1. The summed E-state index contributed by atoms with van der Waals surface area (Å²) in [5.74, 6) is -0.526. The molecule has 2 heterocycles. The van der Waals surface area contributed by atoms with Crippen molar-refractivity contribution in [1.29, 1.82) is 0 Å². The van der Waals surface area contributed by atoms with E-state index in [-0.39, 0.29) is 30.6 Å². The van der Waals surface area contributed by atoms with Gasteiger partial charge < -0.3 is 29.6 Å². The molecule has 30 heavy (non-hydrogen) atoms. The summed E-state index contributed by atoms with van der Waals surface area (Å²) >= 11 is 0. The third kappa shape index (κ3) is 5.50. The van der Waals surface area contributed by atoms with Gasteiger partial charge in [-0.15, -0.1) is 0 Å². The number of amides is 2. The molecule has 1 saturated heterocycles. The van der Waals surface area contributed by atoms with Crippen molar-refractivity contribution in [3.63, 3.8) is 0 Å². The molecule has 2 aliphatic heterocycles. The van der Waals surface area contributed by atoms with Gasteiger partial charge >= 0.3 is 18.0 Å². The molecule has 1 aromatic rings. The summed E-state index contributed by atoms with van der Waals surface area (Å²) in [6, 6.07) is 5.52. The van der Waals surface area contributed by atoms with Crippen LogP contribution in [-0.4, -0.2) is 56.5 Å². The van der Waals surface area contributed by atoms with Gasteiger partial charge in [0.25, 0.3) is 0 Å². The minimum atomic E-state index is -0.586. The lowest BCUT2D eigenvalue weighted by Crippen LogP contribution is -2.50. The number of rotatable bonds is 8. The molecule has 0 aromatic heterocycles. The van der Waals surface area contributed by atoms with E-state index in [1.165, 1.54) is 0 Å². The van der Waals surface area contributed by atoms with Crippen LogP contribution in [0.15, 0.2) is 35.5 Å². The van der Waals surface area contributed by atoms with Crippen molar-refractivity contribution in [2.45, 2.75) is 38.8 Å². The van der Waals surface area contributed by atoms with E-state index in [0.29, 0.717) is 17.9 Å². The first-order valence-corrected chi connectivity index (χ1v) is 9.97. The molecule has 2 N–H and O–H groups in total. The SMILES string of the molecule is CCOC(=O)C1=C(COC(=O)c2ccc(OCC3CCCO3)cc2)NC(=O)NC1C. The molecule has 2 unspecified atom stereocenters. The minimum Gasteiger partial charge on any atom is -0.491 e. The van der Waals surface area contributed by atoms with E-state index in [9.17, 15) is 14.4 Å². The van der Waals surface area contributed by atoms with Gasteiger partial charge in [-0.2, -0.15) is 0 Å². The average Bonchev–Trinajstić information content (AvgIpc) is 3.24. The standard InChI is InChI=1S/C21H26N2O7/c1-3-27-20(25)18-13(2)22-21(26)23-17(18)12-30-19(24)14-6-8-15(9-7-14)29-11-16-5-4-10-28-16/h6-9,13,16H,3-5,10-12H2,1-2H3,(H2,22,23,26). The highest BCUT2D eigenvalue weighted by molar-refractivity contribution is 5.95. The molecule has 2 aliphatic rings. The zero-order valence-electron chi connectivity index (χ0n) is 17.1. The maximum atomic E-state index is 12.4. The molecule has 2 atom stereocenters. The van der Waals surface area contributed by atoms with Crippen molar-refractivity contribution in [2.75, 3.05) is 26.4 Å². The lowest BCUT2D eigenvalue weighted by atomic mass is 10.0. The number of nitrogens with one attached hydrogen (secondary N) is 2. The van der Waals surface area contributed by atoms with Crippen molar-refractivity contribution in [3.05, 3.63) is 41.1 Å². The molecule has 9 nitrogen and oxygen atoms in total. The van der Waals surface area contributed by atoms with Gasteiger partial charge in [-0.05, 0) is 51.0 Å². The first-order chi connectivity index (χ1) is 14.5. The van der Waals surface area contributed by atoms with Gasteiger partial charge in [-0.3, -0.25) is 0 Å². The Labute approximate surface area is 174 Å². The van der Waals surface area contributed by atoms with Gasteiger partial charge in [-0.1, -0.05) is 0 Å². The summed E-state index contributed by atoms with van der Waals surface area (Å²) < 4.78 is 21.5. The molecule has 0 aliphatic carbocycles. The summed E-state index contributed by atoms with van der Waals surface area (Å²) in [5, 5.41) is 5.10. The molecule has 0 radical (unpaired) electrons. The van der Waals surface area contributed by atoms with E-state index in [1.54, 1.807) is 38.1 Å². The maximum Gasteiger partial charge on any atom is 0.338 e. The van der Waals surface area contributed by atoms with Crippen molar-refractivity contribution in [2.24, 2.45) is 0 Å². The smallest absolute Gasteiger partial charge is 0.338 e. The van der Waals surface area contributed by atoms with Gasteiger partial charge in [0, 0.05) is 6.61 Å². The van der Waals surface area contributed by atoms with E-state index >= 15 is 0 Å². The molecule has 3 rings (SSSR count). The van der Waals surface area contributed by atoms with Gasteiger partial charge in [0.15, 0.2) is 0 Å². The summed E-state index contributed by atoms with van der Waals surface area (Å²) in [5.41, 5.74) is 0.753. The largest absolute Gasteiger partial charge is 0.491 e. The second-order valence-corrected chi connectivity index (χ2v) is 6.98. The van der Waals surface area contributed by atoms with Crippen LogP contribution in [0.5, 0.6) is 5.75 Å². The predicted molar refractivity (Wildman–Crippen MR) is 106 cm³/mol. The van der Waals surface area contributed by atoms with Crippen molar-refractivity contribution >= 4 is 18.0 Å². The van der Waals surface area contributed by atoms with Crippen LogP contribution < -0.4 is 15.4 Å². The van der Waals surface area contributed by atoms with Crippen molar-refractivity contribution < 1.29 is 33.3 Å². The highest BCUT2D eigenvalue weighted by Gasteiger charge is 2.30. The molecule has 0 spiro atoms. The Hall–Kier alpha value is -3.07. The van der Waals surface area contributed by atoms with E-state index in [2.05, 4.69) is 10.6 Å². The lowest BCUT2D eigenvalue weighted by molar-refractivity contribution is -0.139. The first-order valence-electron chi connectivity index (χ1n) is 9.97. The van der Waals surface area contributed by atoms with Crippen LogP contribution in [0.3, 0.4) is 0 Å². The molecular formula is C21H26N2O7. The summed E-state index contributed by atoms with van der Waals surface area (Å²) in [6.45, 7) is 4.51. The molecule has 2 amide bonds. The molecular weight excluding hydrogens is 392 g/mol. The molecule has 0 saturated carbocycles. The van der Waals surface area contributed by atoms with Crippen LogP contribution in [0.25, 0.3) is 0 Å². The third-order valence-corrected chi connectivity index (χ3v) is 4.76. The Morgan fingerprint density at radius 2 is 1.93 bits per heavy atom. The number of ether oxygens (including phenoxy) is 4. The zero-order chi connectivity index (χ0) is 21.5. The fourth-order valence-electron chi connectivity index (χ4n) is 3.27. The highest BCUT2D eigenvalue weighted by atomic mass is 16.5. The Kier molecular flexibility index (Phi) is 7.29. The monoisotopic (exact) mass is 418 g/mol. The Morgan fingerprint density at radius 1 is 1.17 bits per heavy atom. The number of carbonyl (C=O) groups excluding carboxylic acids is 3. The Morgan fingerprint density at radius 3 is 2.60 bits per heavy atom. The van der Waals surface area contributed by atoms with E-state index in [1.807, 2.05) is 0 Å². The average molecular weight is 418 g/mol. The summed E-state index contributed by atoms with van der Waals surface area (Å²) in [4.78, 5) is 36.3. The normalized spacial score (nSPS) is 20.9. The molecule has 0 bridgehead atoms. The Balaban J connectivity index is 1.59.